The number of benzene rings is 1. The molecule has 2 nitrogen and oxygen atoms in total. The molecule has 1 atom stereocenters. The van der Waals surface area contributed by atoms with Crippen molar-refractivity contribution in [3.05, 3.63) is 53.7 Å². The van der Waals surface area contributed by atoms with Crippen LogP contribution in [0.15, 0.2) is 29.6 Å². The van der Waals surface area contributed by atoms with Crippen LogP contribution < -0.4 is 11.3 Å². The molecule has 2 rings (SSSR count). The van der Waals surface area contributed by atoms with Crippen molar-refractivity contribution < 1.29 is 0 Å². The number of hydrogen-bond acceptors (Lipinski definition) is 3. The average Bonchev–Trinajstić information content (AvgIpc) is 2.71. The molecule has 90 valence electrons. The molecular formula is C11H9Cl2IN2S. The number of rotatable bonds is 3. The van der Waals surface area contributed by atoms with Crippen molar-refractivity contribution >= 4 is 57.1 Å². The van der Waals surface area contributed by atoms with E-state index in [-0.39, 0.29) is 6.04 Å². The highest BCUT2D eigenvalue weighted by Gasteiger charge is 2.15. The Kier molecular flexibility index (Phi) is 4.68. The second kappa shape index (κ2) is 5.86. The van der Waals surface area contributed by atoms with Gasteiger partial charge in [-0.1, -0.05) is 29.3 Å². The molecule has 0 aliphatic heterocycles. The van der Waals surface area contributed by atoms with E-state index >= 15 is 0 Å². The van der Waals surface area contributed by atoms with Crippen LogP contribution in [-0.4, -0.2) is 0 Å². The Balaban J connectivity index is 2.38. The van der Waals surface area contributed by atoms with Gasteiger partial charge in [0.05, 0.1) is 19.0 Å². The normalized spacial score (nSPS) is 12.7. The van der Waals surface area contributed by atoms with Crippen LogP contribution >= 0.6 is 57.1 Å². The highest BCUT2D eigenvalue weighted by atomic mass is 127. The largest absolute Gasteiger partial charge is 0.271 e. The second-order valence-corrected chi connectivity index (χ2v) is 7.08. The monoisotopic (exact) mass is 398 g/mol. The predicted molar refractivity (Wildman–Crippen MR) is 82.7 cm³/mol. The van der Waals surface area contributed by atoms with Gasteiger partial charge in [-0.3, -0.25) is 5.84 Å². The maximum atomic E-state index is 6.01. The van der Waals surface area contributed by atoms with Gasteiger partial charge >= 0.3 is 0 Å². The average molecular weight is 399 g/mol. The Morgan fingerprint density at radius 1 is 1.18 bits per heavy atom. The van der Waals surface area contributed by atoms with Gasteiger partial charge < -0.3 is 0 Å². The molecule has 0 radical (unpaired) electrons. The number of hydrogen-bond donors (Lipinski definition) is 2. The summed E-state index contributed by atoms with van der Waals surface area (Å²) in [4.78, 5) is 0. The fourth-order valence-electron chi connectivity index (χ4n) is 1.55. The number of thiophene rings is 1. The molecule has 1 aromatic heterocycles. The van der Waals surface area contributed by atoms with Gasteiger partial charge in [-0.25, -0.2) is 5.43 Å². The molecule has 3 N–H and O–H groups in total. The minimum atomic E-state index is -0.0652. The van der Waals surface area contributed by atoms with Crippen molar-refractivity contribution in [3.63, 3.8) is 0 Å². The molecule has 6 heteroatoms. The number of nitrogens with one attached hydrogen (secondary N) is 1. The molecule has 0 fully saturated rings. The quantitative estimate of drug-likeness (QED) is 0.461. The van der Waals surface area contributed by atoms with Gasteiger partial charge in [0.25, 0.3) is 0 Å². The molecule has 17 heavy (non-hydrogen) atoms. The lowest BCUT2D eigenvalue weighted by Crippen LogP contribution is -2.28. The van der Waals surface area contributed by atoms with Gasteiger partial charge in [-0.15, -0.1) is 11.3 Å². The van der Waals surface area contributed by atoms with Crippen LogP contribution in [0.4, 0.5) is 0 Å². The van der Waals surface area contributed by atoms with Crippen LogP contribution in [0.2, 0.25) is 10.0 Å². The predicted octanol–water partition coefficient (Wildman–Crippen LogP) is 4.21. The van der Waals surface area contributed by atoms with Crippen LogP contribution in [0.3, 0.4) is 0 Å². The van der Waals surface area contributed by atoms with Gasteiger partial charge in [-0.2, -0.15) is 0 Å². The molecular weight excluding hydrogens is 390 g/mol. The van der Waals surface area contributed by atoms with Gasteiger partial charge in [0.2, 0.25) is 0 Å². The standard InChI is InChI=1S/C11H9Cl2IN2S/c12-8-2-1-6(3-9(8)13)11(16-15)7-4-10(14)17-5-7/h1-5,11,16H,15H2. The fraction of sp³-hybridized carbons (Fsp3) is 0.0909. The lowest BCUT2D eigenvalue weighted by molar-refractivity contribution is 0.639. The molecule has 0 amide bonds. The molecule has 0 saturated heterocycles. The lowest BCUT2D eigenvalue weighted by Gasteiger charge is -2.15. The van der Waals surface area contributed by atoms with Gasteiger partial charge in [0, 0.05) is 0 Å². The first-order chi connectivity index (χ1) is 8.11. The van der Waals surface area contributed by atoms with E-state index in [2.05, 4.69) is 39.5 Å². The van der Waals surface area contributed by atoms with Crippen molar-refractivity contribution in [2.24, 2.45) is 5.84 Å². The second-order valence-electron chi connectivity index (χ2n) is 3.46. The fourth-order valence-corrected chi connectivity index (χ4v) is 3.26. The van der Waals surface area contributed by atoms with E-state index in [1.165, 1.54) is 2.88 Å². The molecule has 0 bridgehead atoms. The van der Waals surface area contributed by atoms with E-state index in [0.717, 1.165) is 11.1 Å². The van der Waals surface area contributed by atoms with Gasteiger partial charge in [0.1, 0.15) is 0 Å². The van der Waals surface area contributed by atoms with Crippen LogP contribution in [0.25, 0.3) is 0 Å². The first kappa shape index (κ1) is 13.6. The minimum absolute atomic E-state index is 0.0652. The Bertz CT molecular complexity index is 530. The third-order valence-electron chi connectivity index (χ3n) is 2.36. The third-order valence-corrected chi connectivity index (χ3v) is 4.91. The number of hydrazine groups is 1. The molecule has 0 aliphatic carbocycles. The summed E-state index contributed by atoms with van der Waals surface area (Å²) in [5.74, 6) is 5.61. The Morgan fingerprint density at radius 3 is 2.47 bits per heavy atom. The van der Waals surface area contributed by atoms with E-state index in [4.69, 9.17) is 29.0 Å². The molecule has 2 aromatic rings. The SMILES string of the molecule is NNC(c1csc(I)c1)c1ccc(Cl)c(Cl)c1. The Labute approximate surface area is 127 Å². The highest BCUT2D eigenvalue weighted by Crippen LogP contribution is 2.30. The summed E-state index contributed by atoms with van der Waals surface area (Å²) in [6, 6.07) is 7.56. The maximum absolute atomic E-state index is 6.01. The molecule has 1 heterocycles. The lowest BCUT2D eigenvalue weighted by atomic mass is 10.0. The van der Waals surface area contributed by atoms with Gasteiger partial charge in [-0.05, 0) is 57.3 Å². The minimum Gasteiger partial charge on any atom is -0.271 e. The van der Waals surface area contributed by atoms with E-state index in [1.54, 1.807) is 17.4 Å². The zero-order valence-corrected chi connectivity index (χ0v) is 13.1. The Hall–Kier alpha value is 0.150. The number of halogens is 3. The van der Waals surface area contributed by atoms with E-state index < -0.39 is 0 Å². The topological polar surface area (TPSA) is 38.0 Å². The van der Waals surface area contributed by atoms with Crippen molar-refractivity contribution in [2.75, 3.05) is 0 Å². The van der Waals surface area contributed by atoms with E-state index in [1.807, 2.05) is 12.1 Å². The summed E-state index contributed by atoms with van der Waals surface area (Å²) < 4.78 is 1.22. The van der Waals surface area contributed by atoms with Crippen molar-refractivity contribution in [1.29, 1.82) is 0 Å². The van der Waals surface area contributed by atoms with Crippen molar-refractivity contribution in [3.8, 4) is 0 Å². The first-order valence-electron chi connectivity index (χ1n) is 4.77. The van der Waals surface area contributed by atoms with Crippen LogP contribution in [-0.2, 0) is 0 Å². The van der Waals surface area contributed by atoms with Crippen LogP contribution in [0.1, 0.15) is 17.2 Å². The molecule has 1 unspecified atom stereocenters. The van der Waals surface area contributed by atoms with E-state index in [0.29, 0.717) is 10.0 Å². The third kappa shape index (κ3) is 3.13. The zero-order chi connectivity index (χ0) is 12.4. The zero-order valence-electron chi connectivity index (χ0n) is 8.58. The summed E-state index contributed by atoms with van der Waals surface area (Å²) in [7, 11) is 0. The first-order valence-corrected chi connectivity index (χ1v) is 7.48. The summed E-state index contributed by atoms with van der Waals surface area (Å²) in [6.07, 6.45) is 0. The summed E-state index contributed by atoms with van der Waals surface area (Å²) in [6.45, 7) is 0. The Morgan fingerprint density at radius 2 is 1.94 bits per heavy atom. The molecule has 0 spiro atoms. The molecule has 1 aromatic carbocycles. The molecule has 0 aliphatic rings. The van der Waals surface area contributed by atoms with Crippen molar-refractivity contribution in [1.82, 2.24) is 5.43 Å². The van der Waals surface area contributed by atoms with Crippen LogP contribution in [0.5, 0.6) is 0 Å². The number of nitrogens with two attached hydrogens (primary N) is 1. The smallest absolute Gasteiger partial charge is 0.0719 e. The molecule has 0 saturated carbocycles. The summed E-state index contributed by atoms with van der Waals surface area (Å²) >= 11 is 15.9. The van der Waals surface area contributed by atoms with Gasteiger partial charge in [0.15, 0.2) is 0 Å². The van der Waals surface area contributed by atoms with Crippen molar-refractivity contribution in [2.45, 2.75) is 6.04 Å². The summed E-state index contributed by atoms with van der Waals surface area (Å²) in [5, 5.41) is 3.16. The maximum Gasteiger partial charge on any atom is 0.0719 e. The highest BCUT2D eigenvalue weighted by molar-refractivity contribution is 14.1. The summed E-state index contributed by atoms with van der Waals surface area (Å²) in [5.41, 5.74) is 4.92. The van der Waals surface area contributed by atoms with Crippen LogP contribution in [0, 0.1) is 2.88 Å². The van der Waals surface area contributed by atoms with E-state index in [9.17, 15) is 0 Å².